The molecule has 30 heavy (non-hydrogen) atoms. The molecule has 4 aromatic rings. The third-order valence-electron chi connectivity index (χ3n) is 4.45. The van der Waals surface area contributed by atoms with Crippen LogP contribution < -0.4 is 0 Å². The van der Waals surface area contributed by atoms with Gasteiger partial charge in [0.2, 0.25) is 0 Å². The molecule has 0 saturated carbocycles. The van der Waals surface area contributed by atoms with Gasteiger partial charge in [-0.25, -0.2) is 0 Å². The quantitative estimate of drug-likeness (QED) is 0.306. The van der Waals surface area contributed by atoms with Gasteiger partial charge in [-0.15, -0.1) is 9.05 Å². The molecular formula is C22H16N2O5P+. The molecule has 0 fully saturated rings. The zero-order valence-corrected chi connectivity index (χ0v) is 16.6. The van der Waals surface area contributed by atoms with Crippen molar-refractivity contribution in [3.8, 4) is 0 Å². The van der Waals surface area contributed by atoms with Gasteiger partial charge in [0, 0.05) is 38.9 Å². The first-order valence-corrected chi connectivity index (χ1v) is 10.2. The van der Waals surface area contributed by atoms with E-state index in [9.17, 15) is 14.2 Å². The summed E-state index contributed by atoms with van der Waals surface area (Å²) in [5.74, 6) is -0.692. The highest BCUT2D eigenvalue weighted by Gasteiger charge is 2.25. The summed E-state index contributed by atoms with van der Waals surface area (Å²) in [6.45, 7) is -0.840. The van der Waals surface area contributed by atoms with Crippen LogP contribution in [0.1, 0.15) is 20.7 Å². The minimum absolute atomic E-state index is 0.346. The number of nitrogens with zero attached hydrogens (tertiary/aromatic N) is 2. The first-order chi connectivity index (χ1) is 14.6. The topological polar surface area (TPSA) is 95.5 Å². The fourth-order valence-corrected chi connectivity index (χ4v) is 3.44. The van der Waals surface area contributed by atoms with Crippen molar-refractivity contribution in [1.82, 2.24) is 9.97 Å². The molecule has 0 aliphatic carbocycles. The average molecular weight is 419 g/mol. The van der Waals surface area contributed by atoms with Crippen LogP contribution >= 0.6 is 8.25 Å². The van der Waals surface area contributed by atoms with Gasteiger partial charge in [0.1, 0.15) is 0 Å². The number of carbonyl (C=O) groups is 2. The molecule has 0 amide bonds. The van der Waals surface area contributed by atoms with E-state index in [-0.39, 0.29) is 11.6 Å². The van der Waals surface area contributed by atoms with E-state index in [1.54, 1.807) is 60.9 Å². The second kappa shape index (κ2) is 8.97. The predicted molar refractivity (Wildman–Crippen MR) is 112 cm³/mol. The standard InChI is InChI=1S/C22H16N2O5P/c25-21(17-5-7-19-15(11-17)3-1-9-23-19)13-28-30(27)29-14-22(26)18-6-8-20-16(12-18)4-2-10-24-20/h1-12H,13-14H2/q+1. The molecule has 4 rings (SSSR count). The van der Waals surface area contributed by atoms with Crippen molar-refractivity contribution < 1.29 is 23.2 Å². The largest absolute Gasteiger partial charge is 0.698 e. The van der Waals surface area contributed by atoms with E-state index in [1.807, 2.05) is 12.1 Å². The fourth-order valence-electron chi connectivity index (χ4n) is 2.92. The van der Waals surface area contributed by atoms with Crippen molar-refractivity contribution in [2.45, 2.75) is 0 Å². The molecule has 7 nitrogen and oxygen atoms in total. The number of pyridine rings is 2. The molecular weight excluding hydrogens is 403 g/mol. The minimum Gasteiger partial charge on any atom is -0.291 e. The lowest BCUT2D eigenvalue weighted by Crippen LogP contribution is -2.09. The number of hydrogen-bond acceptors (Lipinski definition) is 7. The van der Waals surface area contributed by atoms with Gasteiger partial charge >= 0.3 is 8.25 Å². The Morgan fingerprint density at radius 2 is 1.20 bits per heavy atom. The van der Waals surface area contributed by atoms with E-state index in [1.165, 1.54) is 0 Å². The molecule has 2 aromatic heterocycles. The Morgan fingerprint density at radius 1 is 0.733 bits per heavy atom. The third kappa shape index (κ3) is 4.60. The number of carbonyl (C=O) groups excluding carboxylic acids is 2. The smallest absolute Gasteiger partial charge is 0.291 e. The zero-order valence-electron chi connectivity index (χ0n) is 15.7. The second-order valence-electron chi connectivity index (χ2n) is 6.44. The lowest BCUT2D eigenvalue weighted by Gasteiger charge is -2.01. The van der Waals surface area contributed by atoms with Crippen molar-refractivity contribution in [3.63, 3.8) is 0 Å². The number of benzene rings is 2. The van der Waals surface area contributed by atoms with Gasteiger partial charge in [-0.05, 0) is 48.5 Å². The van der Waals surface area contributed by atoms with E-state index in [0.717, 1.165) is 21.8 Å². The minimum atomic E-state index is -2.61. The summed E-state index contributed by atoms with van der Waals surface area (Å²) in [5.41, 5.74) is 2.37. The molecule has 0 aliphatic rings. The summed E-state index contributed by atoms with van der Waals surface area (Å²) in [6, 6.07) is 17.4. The average Bonchev–Trinajstić information content (AvgIpc) is 2.80. The molecule has 0 unspecified atom stereocenters. The molecule has 0 radical (unpaired) electrons. The Kier molecular flexibility index (Phi) is 5.95. The number of rotatable bonds is 8. The predicted octanol–water partition coefficient (Wildman–Crippen LogP) is 4.54. The normalized spacial score (nSPS) is 10.9. The second-order valence-corrected chi connectivity index (χ2v) is 7.40. The van der Waals surface area contributed by atoms with Crippen molar-refractivity contribution in [3.05, 3.63) is 84.2 Å². The molecule has 8 heteroatoms. The third-order valence-corrected chi connectivity index (χ3v) is 5.13. The van der Waals surface area contributed by atoms with E-state index < -0.39 is 21.5 Å². The Hall–Kier alpha value is -3.38. The van der Waals surface area contributed by atoms with Gasteiger partial charge in [-0.1, -0.05) is 12.1 Å². The van der Waals surface area contributed by atoms with Gasteiger partial charge < -0.3 is 0 Å². The van der Waals surface area contributed by atoms with Gasteiger partial charge in [0.25, 0.3) is 0 Å². The highest BCUT2D eigenvalue weighted by Crippen LogP contribution is 2.25. The number of aromatic nitrogens is 2. The Bertz CT molecular complexity index is 1180. The van der Waals surface area contributed by atoms with Crippen LogP contribution in [0, 0.1) is 0 Å². The summed E-state index contributed by atoms with van der Waals surface area (Å²) < 4.78 is 21.9. The summed E-state index contributed by atoms with van der Waals surface area (Å²) >= 11 is 0. The monoisotopic (exact) mass is 419 g/mol. The highest BCUT2D eigenvalue weighted by molar-refractivity contribution is 7.33. The Morgan fingerprint density at radius 3 is 1.67 bits per heavy atom. The van der Waals surface area contributed by atoms with E-state index in [0.29, 0.717) is 11.1 Å². The molecule has 0 spiro atoms. The zero-order chi connectivity index (χ0) is 20.9. The molecule has 0 bridgehead atoms. The van der Waals surface area contributed by atoms with Crippen LogP contribution in [0.2, 0.25) is 0 Å². The van der Waals surface area contributed by atoms with Crippen LogP contribution in [0.25, 0.3) is 21.8 Å². The number of hydrogen-bond donors (Lipinski definition) is 0. The van der Waals surface area contributed by atoms with E-state index in [4.69, 9.17) is 9.05 Å². The lowest BCUT2D eigenvalue weighted by atomic mass is 10.1. The SMILES string of the molecule is O=C(CO[P+](=O)OCC(=O)c1ccc2ncccc2c1)c1ccc2ncccc2c1. The van der Waals surface area contributed by atoms with Crippen molar-refractivity contribution >= 4 is 41.6 Å². The highest BCUT2D eigenvalue weighted by atomic mass is 31.1. The molecule has 2 heterocycles. The van der Waals surface area contributed by atoms with Crippen molar-refractivity contribution in [2.24, 2.45) is 0 Å². The molecule has 0 atom stereocenters. The van der Waals surface area contributed by atoms with E-state index >= 15 is 0 Å². The van der Waals surface area contributed by atoms with Gasteiger partial charge in [-0.2, -0.15) is 0 Å². The van der Waals surface area contributed by atoms with Gasteiger partial charge in [0.15, 0.2) is 24.8 Å². The Balaban J connectivity index is 1.30. The van der Waals surface area contributed by atoms with Gasteiger partial charge in [0.05, 0.1) is 11.0 Å². The molecule has 0 saturated heterocycles. The summed E-state index contributed by atoms with van der Waals surface area (Å²) in [7, 11) is -2.61. The molecule has 0 N–H and O–H groups in total. The maximum atomic E-state index is 12.3. The molecule has 148 valence electrons. The lowest BCUT2D eigenvalue weighted by molar-refractivity contribution is 0.0877. The molecule has 2 aromatic carbocycles. The van der Waals surface area contributed by atoms with Crippen molar-refractivity contribution in [1.29, 1.82) is 0 Å². The van der Waals surface area contributed by atoms with Gasteiger partial charge in [-0.3, -0.25) is 19.6 Å². The number of fused-ring (bicyclic) bond motifs is 2. The van der Waals surface area contributed by atoms with Crippen LogP contribution in [-0.2, 0) is 13.6 Å². The number of ketones is 2. The van der Waals surface area contributed by atoms with Crippen molar-refractivity contribution in [2.75, 3.05) is 13.2 Å². The Labute approximate surface area is 172 Å². The number of Topliss-reactive ketones (excluding diaryl/α,β-unsaturated/α-hetero) is 2. The van der Waals surface area contributed by atoms with Crippen LogP contribution in [0.4, 0.5) is 0 Å². The van der Waals surface area contributed by atoms with Crippen LogP contribution in [0.5, 0.6) is 0 Å². The van der Waals surface area contributed by atoms with E-state index in [2.05, 4.69) is 9.97 Å². The van der Waals surface area contributed by atoms with Crippen LogP contribution in [-0.4, -0.2) is 34.7 Å². The summed E-state index contributed by atoms with van der Waals surface area (Å²) in [5, 5.41) is 1.64. The maximum absolute atomic E-state index is 12.3. The summed E-state index contributed by atoms with van der Waals surface area (Å²) in [6.07, 6.45) is 3.34. The van der Waals surface area contributed by atoms with Crippen LogP contribution in [0.3, 0.4) is 0 Å². The first kappa shape index (κ1) is 19.9. The van der Waals surface area contributed by atoms with Crippen LogP contribution in [0.15, 0.2) is 73.1 Å². The molecule has 0 aliphatic heterocycles. The summed E-state index contributed by atoms with van der Waals surface area (Å²) in [4.78, 5) is 32.9. The maximum Gasteiger partial charge on any atom is 0.698 e. The first-order valence-electron chi connectivity index (χ1n) is 9.09. The fraction of sp³-hybridized carbons (Fsp3) is 0.0909.